The van der Waals surface area contributed by atoms with E-state index in [-0.39, 0.29) is 17.9 Å². The van der Waals surface area contributed by atoms with Crippen molar-refractivity contribution >= 4 is 24.1 Å². The SMILES string of the molecule is CCCCCCOC(=O)/C=C/c1ccc(C(c2ccc(/C=C/C(=O)OCCCCCC)[nH]2)c2c(C)cc(C)cc2C)[nH]1. The van der Waals surface area contributed by atoms with Crippen molar-refractivity contribution in [2.24, 2.45) is 0 Å². The number of aromatic nitrogens is 2. The monoisotopic (exact) mass is 572 g/mol. The highest BCUT2D eigenvalue weighted by Crippen LogP contribution is 2.36. The molecule has 0 aliphatic rings. The van der Waals surface area contributed by atoms with Gasteiger partial charge in [-0.1, -0.05) is 70.1 Å². The Morgan fingerprint density at radius 1 is 0.690 bits per heavy atom. The van der Waals surface area contributed by atoms with Crippen LogP contribution in [0.4, 0.5) is 0 Å². The maximum atomic E-state index is 12.2. The molecule has 0 atom stereocenters. The number of hydrogen-bond donors (Lipinski definition) is 2. The fraction of sp³-hybridized carbons (Fsp3) is 0.444. The average Bonchev–Trinajstić information content (AvgIpc) is 3.62. The van der Waals surface area contributed by atoms with Crippen molar-refractivity contribution in [3.63, 3.8) is 0 Å². The topological polar surface area (TPSA) is 84.2 Å². The molecule has 1 aromatic carbocycles. The molecule has 0 saturated carbocycles. The van der Waals surface area contributed by atoms with Crippen molar-refractivity contribution in [1.82, 2.24) is 9.97 Å². The van der Waals surface area contributed by atoms with Crippen LogP contribution >= 0.6 is 0 Å². The Bertz CT molecular complexity index is 1250. The molecule has 0 spiro atoms. The molecule has 0 aliphatic carbocycles. The van der Waals surface area contributed by atoms with Crippen LogP contribution in [0, 0.1) is 20.8 Å². The number of benzene rings is 1. The largest absolute Gasteiger partial charge is 0.463 e. The smallest absolute Gasteiger partial charge is 0.330 e. The van der Waals surface area contributed by atoms with Crippen LogP contribution in [0.5, 0.6) is 0 Å². The van der Waals surface area contributed by atoms with Crippen molar-refractivity contribution in [1.29, 1.82) is 0 Å². The third-order valence-corrected chi connectivity index (χ3v) is 7.39. The fourth-order valence-corrected chi connectivity index (χ4v) is 5.33. The van der Waals surface area contributed by atoms with Gasteiger partial charge in [0.1, 0.15) is 0 Å². The van der Waals surface area contributed by atoms with Crippen LogP contribution in [0.2, 0.25) is 0 Å². The maximum Gasteiger partial charge on any atom is 0.330 e. The second-order valence-corrected chi connectivity index (χ2v) is 11.1. The number of rotatable bonds is 17. The van der Waals surface area contributed by atoms with Gasteiger partial charge in [0.2, 0.25) is 0 Å². The number of aromatic amines is 2. The van der Waals surface area contributed by atoms with Gasteiger partial charge in [0.15, 0.2) is 0 Å². The Morgan fingerprint density at radius 3 is 1.57 bits per heavy atom. The lowest BCUT2D eigenvalue weighted by Crippen LogP contribution is -2.09. The van der Waals surface area contributed by atoms with Crippen LogP contribution in [0.25, 0.3) is 12.2 Å². The van der Waals surface area contributed by atoms with Crippen LogP contribution in [0.15, 0.2) is 48.6 Å². The summed E-state index contributed by atoms with van der Waals surface area (Å²) in [6.45, 7) is 11.6. The summed E-state index contributed by atoms with van der Waals surface area (Å²) in [6.07, 6.45) is 15.0. The first-order valence-electron chi connectivity index (χ1n) is 15.5. The summed E-state index contributed by atoms with van der Waals surface area (Å²) in [6, 6.07) is 12.5. The summed E-state index contributed by atoms with van der Waals surface area (Å²) >= 11 is 0. The van der Waals surface area contributed by atoms with Crippen LogP contribution < -0.4 is 0 Å². The van der Waals surface area contributed by atoms with E-state index >= 15 is 0 Å². The van der Waals surface area contributed by atoms with Gasteiger partial charge >= 0.3 is 11.9 Å². The average molecular weight is 573 g/mol. The molecule has 6 nitrogen and oxygen atoms in total. The number of H-pyrrole nitrogens is 2. The van der Waals surface area contributed by atoms with Crippen LogP contribution in [0.3, 0.4) is 0 Å². The predicted molar refractivity (Wildman–Crippen MR) is 171 cm³/mol. The first kappa shape index (κ1) is 32.7. The molecular weight excluding hydrogens is 524 g/mol. The Morgan fingerprint density at radius 2 is 1.14 bits per heavy atom. The summed E-state index contributed by atoms with van der Waals surface area (Å²) < 4.78 is 10.7. The number of unbranched alkanes of at least 4 members (excludes halogenated alkanes) is 6. The molecule has 0 saturated heterocycles. The van der Waals surface area contributed by atoms with Crippen molar-refractivity contribution in [3.05, 3.63) is 93.6 Å². The van der Waals surface area contributed by atoms with E-state index in [0.29, 0.717) is 13.2 Å². The lowest BCUT2D eigenvalue weighted by molar-refractivity contribution is -0.138. The molecule has 2 aromatic heterocycles. The lowest BCUT2D eigenvalue weighted by atomic mass is 9.85. The number of ether oxygens (including phenoxy) is 2. The zero-order valence-corrected chi connectivity index (χ0v) is 26.1. The highest BCUT2D eigenvalue weighted by Gasteiger charge is 2.23. The van der Waals surface area contributed by atoms with Gasteiger partial charge in [-0.3, -0.25) is 0 Å². The van der Waals surface area contributed by atoms with Gasteiger partial charge < -0.3 is 19.4 Å². The molecule has 0 radical (unpaired) electrons. The third kappa shape index (κ3) is 10.2. The van der Waals surface area contributed by atoms with Crippen LogP contribution in [-0.2, 0) is 19.1 Å². The summed E-state index contributed by atoms with van der Waals surface area (Å²) in [4.78, 5) is 31.4. The molecule has 3 rings (SSSR count). The second kappa shape index (κ2) is 17.2. The fourth-order valence-electron chi connectivity index (χ4n) is 5.33. The van der Waals surface area contributed by atoms with E-state index in [1.165, 1.54) is 34.4 Å². The molecule has 0 aliphatic heterocycles. The molecule has 0 bridgehead atoms. The standard InChI is InChI=1S/C36H48N2O4/c1-6-8-10-12-22-41-33(39)20-16-29-14-18-31(37-29)36(35-27(4)24-26(3)25-28(35)5)32-19-15-30(38-32)17-21-34(40)42-23-13-11-9-7-2/h14-21,24-25,36-38H,6-13,22-23H2,1-5H3/b20-16+,21-17+. The summed E-state index contributed by atoms with van der Waals surface area (Å²) in [5.41, 5.74) is 8.50. The van der Waals surface area contributed by atoms with E-state index in [1.807, 2.05) is 12.1 Å². The highest BCUT2D eigenvalue weighted by molar-refractivity contribution is 5.87. The van der Waals surface area contributed by atoms with Crippen molar-refractivity contribution < 1.29 is 19.1 Å². The normalized spacial score (nSPS) is 11.7. The number of carbonyl (C=O) groups is 2. The van der Waals surface area contributed by atoms with Crippen LogP contribution in [0.1, 0.15) is 116 Å². The molecule has 6 heteroatoms. The minimum atomic E-state index is -0.329. The second-order valence-electron chi connectivity index (χ2n) is 11.1. The van der Waals surface area contributed by atoms with Gasteiger partial charge in [-0.05, 0) is 86.7 Å². The van der Waals surface area contributed by atoms with Crippen LogP contribution in [-0.4, -0.2) is 35.1 Å². The van der Waals surface area contributed by atoms with Gasteiger partial charge in [0, 0.05) is 34.9 Å². The van der Waals surface area contributed by atoms with E-state index in [4.69, 9.17) is 9.47 Å². The van der Waals surface area contributed by atoms with E-state index in [0.717, 1.165) is 74.1 Å². The van der Waals surface area contributed by atoms with Crippen molar-refractivity contribution in [2.45, 2.75) is 91.9 Å². The third-order valence-electron chi connectivity index (χ3n) is 7.39. The molecule has 0 amide bonds. The minimum absolute atomic E-state index is 0.0917. The summed E-state index contributed by atoms with van der Waals surface area (Å²) in [7, 11) is 0. The van der Waals surface area contributed by atoms with Gasteiger partial charge in [-0.25, -0.2) is 9.59 Å². The number of hydrogen-bond acceptors (Lipinski definition) is 4. The molecule has 2 heterocycles. The van der Waals surface area contributed by atoms with Gasteiger partial charge in [0.05, 0.1) is 19.1 Å². The van der Waals surface area contributed by atoms with Gasteiger partial charge in [-0.2, -0.15) is 0 Å². The highest BCUT2D eigenvalue weighted by atomic mass is 16.5. The first-order valence-corrected chi connectivity index (χ1v) is 15.5. The zero-order valence-electron chi connectivity index (χ0n) is 26.1. The molecule has 226 valence electrons. The van der Waals surface area contributed by atoms with E-state index in [2.05, 4.69) is 68.9 Å². The predicted octanol–water partition coefficient (Wildman–Crippen LogP) is 8.72. The number of esters is 2. The van der Waals surface area contributed by atoms with Crippen molar-refractivity contribution in [2.75, 3.05) is 13.2 Å². The summed E-state index contributed by atoms with van der Waals surface area (Å²) in [5.74, 6) is -0.750. The van der Waals surface area contributed by atoms with Crippen molar-refractivity contribution in [3.8, 4) is 0 Å². The van der Waals surface area contributed by atoms with Gasteiger partial charge in [-0.15, -0.1) is 0 Å². The number of carbonyl (C=O) groups excluding carboxylic acids is 2. The molecule has 3 aromatic rings. The quantitative estimate of drug-likeness (QED) is 0.0962. The summed E-state index contributed by atoms with van der Waals surface area (Å²) in [5, 5.41) is 0. The lowest BCUT2D eigenvalue weighted by Gasteiger charge is -2.21. The maximum absolute atomic E-state index is 12.2. The first-order chi connectivity index (χ1) is 20.3. The van der Waals surface area contributed by atoms with E-state index in [9.17, 15) is 9.59 Å². The molecule has 0 fully saturated rings. The molecule has 0 unspecified atom stereocenters. The zero-order chi connectivity index (χ0) is 30.3. The Labute approximate surface area is 251 Å². The molecule has 42 heavy (non-hydrogen) atoms. The molecule has 2 N–H and O–H groups in total. The Kier molecular flexibility index (Phi) is 13.4. The van der Waals surface area contributed by atoms with E-state index in [1.54, 1.807) is 12.2 Å². The number of aryl methyl sites for hydroxylation is 3. The Balaban J connectivity index is 1.78. The molecular formula is C36H48N2O4. The Hall–Kier alpha value is -3.80. The minimum Gasteiger partial charge on any atom is -0.463 e. The van der Waals surface area contributed by atoms with E-state index < -0.39 is 0 Å². The van der Waals surface area contributed by atoms with Gasteiger partial charge in [0.25, 0.3) is 0 Å². The number of nitrogens with one attached hydrogen (secondary N) is 2.